The van der Waals surface area contributed by atoms with Crippen molar-refractivity contribution in [3.05, 3.63) is 60.3 Å². The zero-order valence-corrected chi connectivity index (χ0v) is 24.9. The summed E-state index contributed by atoms with van der Waals surface area (Å²) in [5.41, 5.74) is 0.0268. The van der Waals surface area contributed by atoms with Crippen molar-refractivity contribution in [1.29, 1.82) is 0 Å². The number of phenolic OH excluding ortho intramolecular Hbond substituents is 1. The van der Waals surface area contributed by atoms with Crippen molar-refractivity contribution in [3.63, 3.8) is 0 Å². The number of carbonyl (C=O) groups is 1. The number of amides is 1. The van der Waals surface area contributed by atoms with Crippen LogP contribution in [0, 0.1) is 24.0 Å². The van der Waals surface area contributed by atoms with Crippen LogP contribution in [0.15, 0.2) is 43.1 Å². The number of aromatic nitrogens is 3. The molecule has 2 aliphatic rings. The first-order chi connectivity index (χ1) is 21.1. The second kappa shape index (κ2) is 11.4. The number of anilines is 2. The fourth-order valence-electron chi connectivity index (χ4n) is 6.18. The minimum atomic E-state index is -0.742. The molecule has 0 radical (unpaired) electrons. The molecule has 0 aliphatic carbocycles. The molecule has 4 heterocycles. The molecule has 4 aromatic rings. The zero-order valence-electron chi connectivity index (χ0n) is 24.9. The highest BCUT2D eigenvalue weighted by Crippen LogP contribution is 2.39. The summed E-state index contributed by atoms with van der Waals surface area (Å²) in [6.45, 7) is 6.10. The van der Waals surface area contributed by atoms with E-state index in [1.807, 2.05) is 30.9 Å². The fraction of sp³-hybridized carbons (Fsp3) is 0.333. The van der Waals surface area contributed by atoms with E-state index >= 15 is 4.39 Å². The quantitative estimate of drug-likeness (QED) is 0.251. The number of halogens is 2. The number of aromatic hydroxyl groups is 1. The molecule has 2 aromatic carbocycles. The van der Waals surface area contributed by atoms with E-state index in [2.05, 4.69) is 27.4 Å². The topological polar surface area (TPSA) is 88.9 Å². The van der Waals surface area contributed by atoms with Gasteiger partial charge in [-0.2, -0.15) is 4.98 Å². The number of likely N-dealkylation sites (N-methyl/N-ethyl adjacent to an activating group) is 2. The average molecular weight is 598 g/mol. The maximum Gasteiger partial charge on any atom is 0.246 e. The molecule has 6 rings (SSSR count). The summed E-state index contributed by atoms with van der Waals surface area (Å²) in [7, 11) is 5.87. The van der Waals surface area contributed by atoms with Gasteiger partial charge in [0.1, 0.15) is 28.6 Å². The Morgan fingerprint density at radius 2 is 2.00 bits per heavy atom. The number of hydrogen-bond acceptors (Lipinski definition) is 8. The Morgan fingerprint density at radius 1 is 1.23 bits per heavy atom. The second-order valence-electron chi connectivity index (χ2n) is 11.6. The summed E-state index contributed by atoms with van der Waals surface area (Å²) in [5, 5.41) is 11.6. The van der Waals surface area contributed by atoms with Crippen LogP contribution in [0.1, 0.15) is 18.4 Å². The molecule has 2 fully saturated rings. The molecule has 11 heteroatoms. The van der Waals surface area contributed by atoms with E-state index in [1.54, 1.807) is 4.90 Å². The van der Waals surface area contributed by atoms with Crippen molar-refractivity contribution in [2.24, 2.45) is 0 Å². The molecular formula is C33H33F2N7O2. The van der Waals surface area contributed by atoms with Gasteiger partial charge >= 0.3 is 0 Å². The van der Waals surface area contributed by atoms with Gasteiger partial charge in [0, 0.05) is 62.5 Å². The van der Waals surface area contributed by atoms with Gasteiger partial charge in [-0.1, -0.05) is 18.6 Å². The van der Waals surface area contributed by atoms with E-state index in [0.717, 1.165) is 12.8 Å². The molecule has 9 nitrogen and oxygen atoms in total. The number of pyridine rings is 1. The van der Waals surface area contributed by atoms with Crippen LogP contribution in [-0.4, -0.2) is 95.2 Å². The van der Waals surface area contributed by atoms with Crippen LogP contribution in [0.3, 0.4) is 0 Å². The van der Waals surface area contributed by atoms with E-state index in [4.69, 9.17) is 11.4 Å². The monoisotopic (exact) mass is 597 g/mol. The molecule has 1 atom stereocenters. The average Bonchev–Trinajstić information content (AvgIpc) is 3.43. The van der Waals surface area contributed by atoms with Gasteiger partial charge in [-0.3, -0.25) is 9.78 Å². The second-order valence-corrected chi connectivity index (χ2v) is 11.6. The van der Waals surface area contributed by atoms with Crippen LogP contribution in [0.2, 0.25) is 0 Å². The number of benzene rings is 2. The Morgan fingerprint density at radius 3 is 2.70 bits per heavy atom. The first-order valence-electron chi connectivity index (χ1n) is 14.4. The van der Waals surface area contributed by atoms with Crippen LogP contribution >= 0.6 is 0 Å². The van der Waals surface area contributed by atoms with Gasteiger partial charge in [-0.05, 0) is 56.6 Å². The third kappa shape index (κ3) is 4.95. The smallest absolute Gasteiger partial charge is 0.246 e. The summed E-state index contributed by atoms with van der Waals surface area (Å²) >= 11 is 0. The first kappa shape index (κ1) is 29.3. The number of likely N-dealkylation sites (tertiary alicyclic amines) is 1. The number of terminal acetylenes is 1. The lowest BCUT2D eigenvalue weighted by Gasteiger charge is -2.43. The molecule has 1 N–H and O–H groups in total. The maximum absolute atomic E-state index is 16.7. The lowest BCUT2D eigenvalue weighted by molar-refractivity contribution is -0.126. The summed E-state index contributed by atoms with van der Waals surface area (Å²) in [6.07, 6.45) is 10.2. The maximum atomic E-state index is 16.7. The Bertz CT molecular complexity index is 1850. The normalized spacial score (nSPS) is 16.9. The van der Waals surface area contributed by atoms with Crippen LogP contribution in [-0.2, 0) is 4.79 Å². The van der Waals surface area contributed by atoms with Crippen molar-refractivity contribution in [1.82, 2.24) is 24.8 Å². The number of fused-ring (bicyclic) bond motifs is 2. The number of rotatable bonds is 7. The van der Waals surface area contributed by atoms with Gasteiger partial charge in [-0.15, -0.1) is 6.42 Å². The van der Waals surface area contributed by atoms with Crippen molar-refractivity contribution in [2.75, 3.05) is 57.1 Å². The Balaban J connectivity index is 1.50. The van der Waals surface area contributed by atoms with Gasteiger partial charge < -0.3 is 24.7 Å². The standard InChI is InChI=1S/C33H33F2N7O2/c1-6-23-26(34)11-10-19-13-22(43)14-24(28(19)23)30-29(35)31-25(15-36-30)32(38-33(37-31)41-17-21(18-41)39(3)4)40(5)16-20-9-8-12-42(20)27(44)7-2/h1,7,10-11,13-15,20-21,43H,2,8-9,12,16-18H2,3-5H3/t20-/m0/s1. The van der Waals surface area contributed by atoms with Crippen LogP contribution in [0.5, 0.6) is 5.75 Å². The van der Waals surface area contributed by atoms with Crippen molar-refractivity contribution < 1.29 is 18.7 Å². The van der Waals surface area contributed by atoms with E-state index < -0.39 is 11.6 Å². The van der Waals surface area contributed by atoms with Crippen molar-refractivity contribution in [2.45, 2.75) is 24.9 Å². The molecule has 2 aliphatic heterocycles. The Kier molecular flexibility index (Phi) is 7.55. The molecule has 2 aromatic heterocycles. The first-order valence-corrected chi connectivity index (χ1v) is 14.4. The number of hydrogen-bond donors (Lipinski definition) is 1. The molecule has 2 saturated heterocycles. The predicted molar refractivity (Wildman–Crippen MR) is 168 cm³/mol. The van der Waals surface area contributed by atoms with Gasteiger partial charge in [-0.25, -0.2) is 13.8 Å². The molecule has 0 spiro atoms. The lowest BCUT2D eigenvalue weighted by Crippen LogP contribution is -2.58. The fourth-order valence-corrected chi connectivity index (χ4v) is 6.18. The van der Waals surface area contributed by atoms with E-state index in [9.17, 15) is 14.3 Å². The molecule has 0 bridgehead atoms. The third-order valence-corrected chi connectivity index (χ3v) is 8.66. The molecular weight excluding hydrogens is 564 g/mol. The molecule has 44 heavy (non-hydrogen) atoms. The number of nitrogens with zero attached hydrogens (tertiary/aromatic N) is 7. The SMILES string of the molecule is C#Cc1c(F)ccc2cc(O)cc(-c3ncc4c(N(C)C[C@@H]5CCCN5C(=O)C=C)nc(N5CC(N(C)C)C5)nc4c3F)c12. The Labute approximate surface area is 254 Å². The van der Waals surface area contributed by atoms with E-state index in [0.29, 0.717) is 54.8 Å². The molecule has 226 valence electrons. The van der Waals surface area contributed by atoms with E-state index in [-0.39, 0.29) is 45.4 Å². The van der Waals surface area contributed by atoms with E-state index in [1.165, 1.54) is 36.5 Å². The highest BCUT2D eigenvalue weighted by Gasteiger charge is 2.33. The van der Waals surface area contributed by atoms with Gasteiger partial charge in [0.15, 0.2) is 5.82 Å². The lowest BCUT2D eigenvalue weighted by atomic mass is 9.96. The Hall–Kier alpha value is -4.82. The highest BCUT2D eigenvalue weighted by atomic mass is 19.1. The summed E-state index contributed by atoms with van der Waals surface area (Å²) < 4.78 is 31.5. The number of phenols is 1. The highest BCUT2D eigenvalue weighted by molar-refractivity contribution is 6.03. The van der Waals surface area contributed by atoms with Crippen molar-refractivity contribution >= 4 is 39.3 Å². The van der Waals surface area contributed by atoms with Gasteiger partial charge in [0.25, 0.3) is 0 Å². The van der Waals surface area contributed by atoms with Gasteiger partial charge in [0.2, 0.25) is 11.9 Å². The van der Waals surface area contributed by atoms with Crippen LogP contribution < -0.4 is 9.80 Å². The zero-order chi connectivity index (χ0) is 31.3. The van der Waals surface area contributed by atoms with Gasteiger partial charge in [0.05, 0.1) is 10.9 Å². The predicted octanol–water partition coefficient (Wildman–Crippen LogP) is 4.17. The summed E-state index contributed by atoms with van der Waals surface area (Å²) in [6, 6.07) is 5.72. The summed E-state index contributed by atoms with van der Waals surface area (Å²) in [4.78, 5) is 34.3. The summed E-state index contributed by atoms with van der Waals surface area (Å²) in [5.74, 6) is 1.58. The van der Waals surface area contributed by atoms with Crippen LogP contribution in [0.25, 0.3) is 32.9 Å². The third-order valence-electron chi connectivity index (χ3n) is 8.66. The largest absolute Gasteiger partial charge is 0.508 e. The van der Waals surface area contributed by atoms with Crippen molar-refractivity contribution in [3.8, 4) is 29.4 Å². The molecule has 0 saturated carbocycles. The number of carbonyl (C=O) groups excluding carboxylic acids is 1. The minimum absolute atomic E-state index is 0.0377. The van der Waals surface area contributed by atoms with Crippen LogP contribution in [0.4, 0.5) is 20.5 Å². The molecule has 1 amide bonds. The minimum Gasteiger partial charge on any atom is -0.508 e. The molecule has 0 unspecified atom stereocenters.